The van der Waals surface area contributed by atoms with Crippen LogP contribution in [0.5, 0.6) is 28.7 Å². The standard InChI is InChI=1S/C22H22N3O7/c1-27-16-4-10(5-17(28-2)21(16)29-3)18-11-6-14-15(32-9-31-14)7-12(11)20(24-25-23)13-8-30-22(26)19(13)18/h4-7,13,18-20H,8-9H2,1-3H3,(H-,23,24)/q-1/t13-,18+,19-,20+/m0/s1. The van der Waals surface area contributed by atoms with Crippen LogP contribution in [0.15, 0.2) is 29.5 Å². The van der Waals surface area contributed by atoms with Crippen molar-refractivity contribution in [1.29, 1.82) is 0 Å². The summed E-state index contributed by atoms with van der Waals surface area (Å²) in [5.41, 5.74) is 14.5. The van der Waals surface area contributed by atoms with Crippen molar-refractivity contribution >= 4 is 5.97 Å². The fourth-order valence-electron chi connectivity index (χ4n) is 5.07. The van der Waals surface area contributed by atoms with Crippen LogP contribution in [-0.2, 0) is 9.53 Å². The fourth-order valence-corrected chi connectivity index (χ4v) is 5.07. The van der Waals surface area contributed by atoms with Gasteiger partial charge in [0.15, 0.2) is 23.0 Å². The van der Waals surface area contributed by atoms with E-state index in [1.807, 2.05) is 24.3 Å². The number of carbonyl (C=O) groups is 1. The highest BCUT2D eigenvalue weighted by Gasteiger charge is 2.51. The van der Waals surface area contributed by atoms with Gasteiger partial charge in [0.05, 0.1) is 33.9 Å². The summed E-state index contributed by atoms with van der Waals surface area (Å²) in [6, 6.07) is 6.98. The Morgan fingerprint density at radius 3 is 2.22 bits per heavy atom. The molecule has 0 bridgehead atoms. The maximum Gasteiger partial charge on any atom is 0.310 e. The number of esters is 1. The van der Waals surface area contributed by atoms with E-state index >= 15 is 0 Å². The number of carbonyl (C=O) groups excluding carboxylic acids is 1. The third-order valence-electron chi connectivity index (χ3n) is 6.43. The van der Waals surface area contributed by atoms with Gasteiger partial charge in [0.1, 0.15) is 0 Å². The number of methoxy groups -OCH3 is 3. The molecule has 0 unspecified atom stereocenters. The van der Waals surface area contributed by atoms with Gasteiger partial charge in [-0.2, -0.15) is 0 Å². The van der Waals surface area contributed by atoms with E-state index in [0.717, 1.165) is 16.7 Å². The number of benzene rings is 2. The van der Waals surface area contributed by atoms with E-state index in [0.29, 0.717) is 28.7 Å². The van der Waals surface area contributed by atoms with Crippen molar-refractivity contribution < 1.29 is 33.2 Å². The van der Waals surface area contributed by atoms with E-state index in [4.69, 9.17) is 28.4 Å². The molecular formula is C22H22N3O7-. The molecule has 1 saturated heterocycles. The zero-order chi connectivity index (χ0) is 22.4. The topological polar surface area (TPSA) is 119 Å². The third kappa shape index (κ3) is 2.89. The van der Waals surface area contributed by atoms with Crippen LogP contribution in [0.2, 0.25) is 0 Å². The Hall–Kier alpha value is -3.69. The van der Waals surface area contributed by atoms with Crippen LogP contribution in [0, 0.1) is 11.8 Å². The molecule has 3 aliphatic rings. The molecule has 2 aliphatic heterocycles. The maximum atomic E-state index is 12.9. The predicted octanol–water partition coefficient (Wildman–Crippen LogP) is 2.94. The molecule has 1 N–H and O–H groups in total. The van der Waals surface area contributed by atoms with E-state index in [-0.39, 0.29) is 31.2 Å². The SMILES string of the molecule is COc1cc([C@@H]2c3cc4c(cc3[C@@H](NN=[N-])[C@H]3COC(=O)[C@H]23)OCO4)cc(OC)c1OC. The zero-order valence-corrected chi connectivity index (χ0v) is 17.8. The van der Waals surface area contributed by atoms with Gasteiger partial charge in [-0.15, -0.1) is 0 Å². The highest BCUT2D eigenvalue weighted by Crippen LogP contribution is 2.55. The smallest absolute Gasteiger partial charge is 0.310 e. The van der Waals surface area contributed by atoms with Crippen LogP contribution < -0.4 is 29.1 Å². The van der Waals surface area contributed by atoms with Crippen LogP contribution in [0.1, 0.15) is 28.7 Å². The first-order valence-corrected chi connectivity index (χ1v) is 10.1. The molecule has 1 fully saturated rings. The van der Waals surface area contributed by atoms with Gasteiger partial charge in [0.25, 0.3) is 0 Å². The van der Waals surface area contributed by atoms with Gasteiger partial charge in [-0.3, -0.25) is 10.0 Å². The lowest BCUT2D eigenvalue weighted by Gasteiger charge is -2.41. The van der Waals surface area contributed by atoms with Crippen molar-refractivity contribution in [2.45, 2.75) is 12.0 Å². The number of nitrogens with zero attached hydrogens (tertiary/aromatic N) is 2. The number of hydrogen-bond acceptors (Lipinski definition) is 8. The molecule has 0 radical (unpaired) electrons. The molecule has 2 aromatic rings. The van der Waals surface area contributed by atoms with E-state index < -0.39 is 12.0 Å². The van der Waals surface area contributed by atoms with Crippen LogP contribution in [0.4, 0.5) is 0 Å². The van der Waals surface area contributed by atoms with Crippen molar-refractivity contribution in [3.05, 3.63) is 46.5 Å². The second-order valence-corrected chi connectivity index (χ2v) is 7.80. The van der Waals surface area contributed by atoms with Gasteiger partial charge >= 0.3 is 5.97 Å². The summed E-state index contributed by atoms with van der Waals surface area (Å²) in [5, 5.41) is 3.17. The molecule has 1 aliphatic carbocycles. The van der Waals surface area contributed by atoms with Crippen molar-refractivity contribution in [3.8, 4) is 28.7 Å². The first-order chi connectivity index (χ1) is 15.6. The second kappa shape index (κ2) is 7.77. The number of fused-ring (bicyclic) bond motifs is 3. The van der Waals surface area contributed by atoms with Crippen LogP contribution in [0.3, 0.4) is 0 Å². The third-order valence-corrected chi connectivity index (χ3v) is 6.43. The van der Waals surface area contributed by atoms with E-state index in [2.05, 4.69) is 10.6 Å². The lowest BCUT2D eigenvalue weighted by atomic mass is 9.65. The number of nitrogens with one attached hydrogen (secondary N) is 1. The Kier molecular flexibility index (Phi) is 4.91. The predicted molar refractivity (Wildman–Crippen MR) is 110 cm³/mol. The van der Waals surface area contributed by atoms with Gasteiger partial charge in [-0.25, -0.2) is 0 Å². The van der Waals surface area contributed by atoms with Gasteiger partial charge < -0.3 is 39.4 Å². The van der Waals surface area contributed by atoms with Gasteiger partial charge in [0.2, 0.25) is 12.5 Å². The molecular weight excluding hydrogens is 418 g/mol. The first-order valence-electron chi connectivity index (χ1n) is 10.1. The monoisotopic (exact) mass is 440 g/mol. The molecule has 32 heavy (non-hydrogen) atoms. The first kappa shape index (κ1) is 20.2. The van der Waals surface area contributed by atoms with E-state index in [9.17, 15) is 10.3 Å². The quantitative estimate of drug-likeness (QED) is 0.414. The normalized spacial score (nSPS) is 24.8. The molecule has 5 rings (SSSR count). The molecule has 0 saturated carbocycles. The summed E-state index contributed by atoms with van der Waals surface area (Å²) in [6.45, 7) is 0.315. The Balaban J connectivity index is 1.75. The average molecular weight is 440 g/mol. The minimum Gasteiger partial charge on any atom is -0.493 e. The zero-order valence-electron chi connectivity index (χ0n) is 17.8. The molecule has 2 heterocycles. The highest BCUT2D eigenvalue weighted by molar-refractivity contribution is 5.79. The molecule has 2 aromatic carbocycles. The van der Waals surface area contributed by atoms with Crippen molar-refractivity contribution in [1.82, 2.24) is 5.43 Å². The summed E-state index contributed by atoms with van der Waals surface area (Å²) >= 11 is 0. The lowest BCUT2D eigenvalue weighted by molar-refractivity contribution is -0.141. The fraction of sp³-hybridized carbons (Fsp3) is 0.409. The largest absolute Gasteiger partial charge is 0.493 e. The van der Waals surface area contributed by atoms with Gasteiger partial charge in [-0.05, 0) is 41.0 Å². The van der Waals surface area contributed by atoms with Gasteiger partial charge in [0, 0.05) is 17.9 Å². The Labute approximate surface area is 184 Å². The van der Waals surface area contributed by atoms with Crippen molar-refractivity contribution in [2.75, 3.05) is 34.7 Å². The van der Waals surface area contributed by atoms with E-state index in [1.165, 1.54) is 7.11 Å². The average Bonchev–Trinajstić information content (AvgIpc) is 3.43. The lowest BCUT2D eigenvalue weighted by Crippen LogP contribution is -2.39. The van der Waals surface area contributed by atoms with Gasteiger partial charge in [-0.1, -0.05) is 0 Å². The van der Waals surface area contributed by atoms with Crippen molar-refractivity contribution in [2.24, 2.45) is 17.1 Å². The van der Waals surface area contributed by atoms with Crippen LogP contribution >= 0.6 is 0 Å². The molecule has 4 atom stereocenters. The summed E-state index contributed by atoms with van der Waals surface area (Å²) in [5.74, 6) is 1.12. The summed E-state index contributed by atoms with van der Waals surface area (Å²) in [4.78, 5) is 12.9. The molecule has 10 nitrogen and oxygen atoms in total. The second-order valence-electron chi connectivity index (χ2n) is 7.80. The number of ether oxygens (including phenoxy) is 6. The van der Waals surface area contributed by atoms with Crippen LogP contribution in [0.25, 0.3) is 5.53 Å². The minimum atomic E-state index is -0.523. The summed E-state index contributed by atoms with van der Waals surface area (Å²) < 4.78 is 33.2. The van der Waals surface area contributed by atoms with E-state index in [1.54, 1.807) is 14.2 Å². The Morgan fingerprint density at radius 1 is 0.969 bits per heavy atom. The molecule has 0 amide bonds. The summed E-state index contributed by atoms with van der Waals surface area (Å²) in [7, 11) is 4.63. The molecule has 0 spiro atoms. The van der Waals surface area contributed by atoms with Crippen molar-refractivity contribution in [3.63, 3.8) is 0 Å². The van der Waals surface area contributed by atoms with Crippen LogP contribution in [-0.4, -0.2) is 40.7 Å². The molecule has 10 heteroatoms. The molecule has 0 aromatic heterocycles. The Bertz CT molecular complexity index is 1060. The number of rotatable bonds is 6. The highest BCUT2D eigenvalue weighted by atomic mass is 16.7. The Morgan fingerprint density at radius 2 is 1.62 bits per heavy atom. The molecule has 168 valence electrons. The number of hydrogen-bond donors (Lipinski definition) is 1. The maximum absolute atomic E-state index is 12.9. The summed E-state index contributed by atoms with van der Waals surface area (Å²) in [6.07, 6.45) is 0. The minimum absolute atomic E-state index is 0.116. The number of cyclic esters (lactones) is 1.